The van der Waals surface area contributed by atoms with E-state index in [1.165, 1.54) is 19.3 Å². The summed E-state index contributed by atoms with van der Waals surface area (Å²) in [6.45, 7) is 5.88. The zero-order valence-electron chi connectivity index (χ0n) is 24.4. The first-order valence-corrected chi connectivity index (χ1v) is 14.3. The van der Waals surface area contributed by atoms with Crippen LogP contribution < -0.4 is 14.8 Å². The SMILES string of the molecule is COc1ccc(CCN(Cc2ccc(C)o2)C(=O)CN(CCN2CCCCC2)C(=O)Nc2ccccc2)cc1OC. The molecule has 1 saturated heterocycles. The predicted octanol–water partition coefficient (Wildman–Crippen LogP) is 5.20. The summed E-state index contributed by atoms with van der Waals surface area (Å²) in [6.07, 6.45) is 4.19. The largest absolute Gasteiger partial charge is 0.493 e. The highest BCUT2D eigenvalue weighted by molar-refractivity contribution is 5.92. The molecular formula is C32H42N4O5. The van der Waals surface area contributed by atoms with E-state index in [0.717, 1.165) is 31.0 Å². The van der Waals surface area contributed by atoms with Crippen LogP contribution in [0, 0.1) is 6.92 Å². The number of nitrogens with one attached hydrogen (secondary N) is 1. The van der Waals surface area contributed by atoms with Crippen LogP contribution in [0.25, 0.3) is 0 Å². The fourth-order valence-corrected chi connectivity index (χ4v) is 5.04. The van der Waals surface area contributed by atoms with E-state index in [2.05, 4.69) is 10.2 Å². The Morgan fingerprint density at radius 1 is 0.902 bits per heavy atom. The van der Waals surface area contributed by atoms with Gasteiger partial charge in [-0.15, -0.1) is 0 Å². The van der Waals surface area contributed by atoms with Crippen LogP contribution in [0.5, 0.6) is 11.5 Å². The summed E-state index contributed by atoms with van der Waals surface area (Å²) in [7, 11) is 3.21. The number of para-hydroxylation sites is 1. The van der Waals surface area contributed by atoms with Gasteiger partial charge in [-0.2, -0.15) is 0 Å². The van der Waals surface area contributed by atoms with Crippen molar-refractivity contribution in [3.05, 3.63) is 77.7 Å². The maximum absolute atomic E-state index is 13.8. The first-order valence-electron chi connectivity index (χ1n) is 14.3. The van der Waals surface area contributed by atoms with Crippen molar-refractivity contribution in [1.29, 1.82) is 0 Å². The molecule has 0 radical (unpaired) electrons. The molecule has 220 valence electrons. The van der Waals surface area contributed by atoms with Crippen LogP contribution in [0.15, 0.2) is 65.1 Å². The number of amides is 3. The van der Waals surface area contributed by atoms with Gasteiger partial charge in [0.05, 0.1) is 20.8 Å². The van der Waals surface area contributed by atoms with Gasteiger partial charge >= 0.3 is 6.03 Å². The molecule has 1 aliphatic heterocycles. The van der Waals surface area contributed by atoms with E-state index in [1.807, 2.05) is 67.6 Å². The number of furan rings is 1. The highest BCUT2D eigenvalue weighted by Crippen LogP contribution is 2.28. The van der Waals surface area contributed by atoms with Crippen molar-refractivity contribution in [3.8, 4) is 11.5 Å². The first-order chi connectivity index (χ1) is 19.9. The van der Waals surface area contributed by atoms with E-state index in [9.17, 15) is 9.59 Å². The maximum Gasteiger partial charge on any atom is 0.322 e. The Balaban J connectivity index is 1.48. The van der Waals surface area contributed by atoms with Gasteiger partial charge in [0.2, 0.25) is 5.91 Å². The smallest absolute Gasteiger partial charge is 0.322 e. The number of nitrogens with zero attached hydrogens (tertiary/aromatic N) is 3. The molecule has 9 nitrogen and oxygen atoms in total. The molecule has 3 amide bonds. The standard InChI is InChI=1S/C32H42N4O5/c1-25-12-14-28(41-25)23-35(19-16-26-13-15-29(39-2)30(22-26)40-3)31(37)24-36(21-20-34-17-8-5-9-18-34)32(38)33-27-10-6-4-7-11-27/h4,6-7,10-15,22H,5,8-9,16-21,23-24H2,1-3H3,(H,33,38). The Hall–Kier alpha value is -3.98. The minimum Gasteiger partial charge on any atom is -0.493 e. The average molecular weight is 563 g/mol. The van der Waals surface area contributed by atoms with E-state index in [4.69, 9.17) is 13.9 Å². The monoisotopic (exact) mass is 562 g/mol. The normalized spacial score (nSPS) is 13.4. The van der Waals surface area contributed by atoms with Crippen LogP contribution in [-0.4, -0.2) is 80.1 Å². The Bertz CT molecular complexity index is 1260. The minimum atomic E-state index is -0.282. The van der Waals surface area contributed by atoms with Crippen molar-refractivity contribution < 1.29 is 23.5 Å². The Morgan fingerprint density at radius 3 is 2.34 bits per heavy atom. The zero-order chi connectivity index (χ0) is 29.0. The number of carbonyl (C=O) groups is 2. The third-order valence-electron chi connectivity index (χ3n) is 7.39. The van der Waals surface area contributed by atoms with Crippen LogP contribution in [0.1, 0.15) is 36.3 Å². The molecule has 1 aliphatic rings. The van der Waals surface area contributed by atoms with Gasteiger partial charge in [-0.25, -0.2) is 4.79 Å². The number of urea groups is 1. The molecule has 1 aromatic heterocycles. The van der Waals surface area contributed by atoms with E-state index in [0.29, 0.717) is 49.0 Å². The molecular weight excluding hydrogens is 520 g/mol. The van der Waals surface area contributed by atoms with Crippen molar-refractivity contribution in [2.45, 2.75) is 39.2 Å². The van der Waals surface area contributed by atoms with Gasteiger partial charge in [0.25, 0.3) is 0 Å². The van der Waals surface area contributed by atoms with Crippen molar-refractivity contribution in [2.75, 3.05) is 58.8 Å². The van der Waals surface area contributed by atoms with Crippen LogP contribution in [0.2, 0.25) is 0 Å². The molecule has 0 atom stereocenters. The summed E-state index contributed by atoms with van der Waals surface area (Å²) in [6, 6.07) is 18.6. The van der Waals surface area contributed by atoms with Crippen molar-refractivity contribution >= 4 is 17.6 Å². The lowest BCUT2D eigenvalue weighted by Gasteiger charge is -2.31. The minimum absolute atomic E-state index is 0.0296. The van der Waals surface area contributed by atoms with Crippen molar-refractivity contribution in [2.24, 2.45) is 0 Å². The summed E-state index contributed by atoms with van der Waals surface area (Å²) in [5.41, 5.74) is 1.71. The molecule has 3 aromatic rings. The van der Waals surface area contributed by atoms with Crippen LogP contribution in [0.3, 0.4) is 0 Å². The number of hydrogen-bond donors (Lipinski definition) is 1. The third kappa shape index (κ3) is 9.01. The Morgan fingerprint density at radius 2 is 1.66 bits per heavy atom. The topological polar surface area (TPSA) is 87.5 Å². The van der Waals surface area contributed by atoms with Gasteiger partial charge in [0.15, 0.2) is 11.5 Å². The number of ether oxygens (including phenoxy) is 2. The number of methoxy groups -OCH3 is 2. The molecule has 0 spiro atoms. The van der Waals surface area contributed by atoms with Gasteiger partial charge < -0.3 is 33.9 Å². The average Bonchev–Trinajstić information content (AvgIpc) is 3.42. The van der Waals surface area contributed by atoms with Gasteiger partial charge in [0, 0.05) is 25.3 Å². The van der Waals surface area contributed by atoms with Gasteiger partial charge in [-0.3, -0.25) is 4.79 Å². The lowest BCUT2D eigenvalue weighted by Crippen LogP contribution is -2.47. The van der Waals surface area contributed by atoms with E-state index in [1.54, 1.807) is 24.0 Å². The fourth-order valence-electron chi connectivity index (χ4n) is 5.04. The quantitative estimate of drug-likeness (QED) is 0.308. The number of aryl methyl sites for hydroxylation is 1. The molecule has 9 heteroatoms. The number of benzene rings is 2. The highest BCUT2D eigenvalue weighted by atomic mass is 16.5. The molecule has 1 fully saturated rings. The number of piperidine rings is 1. The highest BCUT2D eigenvalue weighted by Gasteiger charge is 2.24. The van der Waals surface area contributed by atoms with Crippen molar-refractivity contribution in [1.82, 2.24) is 14.7 Å². The summed E-state index contributed by atoms with van der Waals surface area (Å²) >= 11 is 0. The van der Waals surface area contributed by atoms with Crippen LogP contribution >= 0.6 is 0 Å². The number of likely N-dealkylation sites (tertiary alicyclic amines) is 1. The van der Waals surface area contributed by atoms with Crippen molar-refractivity contribution in [3.63, 3.8) is 0 Å². The maximum atomic E-state index is 13.8. The second-order valence-corrected chi connectivity index (χ2v) is 10.4. The zero-order valence-corrected chi connectivity index (χ0v) is 24.4. The Kier molecular flexibility index (Phi) is 11.1. The van der Waals surface area contributed by atoms with Gasteiger partial charge in [-0.05, 0) is 81.2 Å². The lowest BCUT2D eigenvalue weighted by molar-refractivity contribution is -0.132. The number of carbonyl (C=O) groups excluding carboxylic acids is 2. The summed E-state index contributed by atoms with van der Waals surface area (Å²) in [5.74, 6) is 2.66. The molecule has 2 heterocycles. The molecule has 0 unspecified atom stereocenters. The second-order valence-electron chi connectivity index (χ2n) is 10.4. The van der Waals surface area contributed by atoms with E-state index in [-0.39, 0.29) is 18.5 Å². The molecule has 0 aliphatic carbocycles. The number of anilines is 1. The molecule has 2 aromatic carbocycles. The van der Waals surface area contributed by atoms with Crippen LogP contribution in [0.4, 0.5) is 10.5 Å². The molecule has 0 saturated carbocycles. The molecule has 4 rings (SSSR count). The second kappa shape index (κ2) is 15.1. The fraction of sp³-hybridized carbons (Fsp3) is 0.438. The first kappa shape index (κ1) is 30.0. The molecule has 0 bridgehead atoms. The molecule has 1 N–H and O–H groups in total. The van der Waals surface area contributed by atoms with Gasteiger partial charge in [-0.1, -0.05) is 30.7 Å². The summed E-state index contributed by atoms with van der Waals surface area (Å²) in [4.78, 5) is 33.0. The third-order valence-corrected chi connectivity index (χ3v) is 7.39. The molecule has 41 heavy (non-hydrogen) atoms. The number of rotatable bonds is 13. The lowest BCUT2D eigenvalue weighted by atomic mass is 10.1. The van der Waals surface area contributed by atoms with E-state index >= 15 is 0 Å². The van der Waals surface area contributed by atoms with E-state index < -0.39 is 0 Å². The summed E-state index contributed by atoms with van der Waals surface area (Å²) < 4.78 is 16.6. The predicted molar refractivity (Wildman–Crippen MR) is 159 cm³/mol. The van der Waals surface area contributed by atoms with Crippen LogP contribution in [-0.2, 0) is 17.8 Å². The van der Waals surface area contributed by atoms with Gasteiger partial charge in [0.1, 0.15) is 18.1 Å². The number of hydrogen-bond acceptors (Lipinski definition) is 6. The summed E-state index contributed by atoms with van der Waals surface area (Å²) in [5, 5.41) is 2.96. The Labute approximate surface area is 243 Å².